The van der Waals surface area contributed by atoms with Crippen LogP contribution in [0.2, 0.25) is 0 Å². The molecular weight excluding hydrogens is 356 g/mol. The number of sulfonamides is 1. The summed E-state index contributed by atoms with van der Waals surface area (Å²) in [5, 5.41) is 0. The lowest BCUT2D eigenvalue weighted by atomic mass is 10.3. The van der Waals surface area contributed by atoms with Crippen molar-refractivity contribution in [3.05, 3.63) is 24.3 Å². The minimum atomic E-state index is -3.56. The van der Waals surface area contributed by atoms with Crippen molar-refractivity contribution in [1.29, 1.82) is 0 Å². The number of para-hydroxylation sites is 1. The van der Waals surface area contributed by atoms with Crippen molar-refractivity contribution in [1.82, 2.24) is 9.21 Å². The smallest absolute Gasteiger partial charge is 0.247 e. The number of thioether (sulfide) groups is 1. The third kappa shape index (κ3) is 4.51. The van der Waals surface area contributed by atoms with Gasteiger partial charge in [-0.05, 0) is 57.2 Å². The van der Waals surface area contributed by atoms with E-state index in [4.69, 9.17) is 4.74 Å². The van der Waals surface area contributed by atoms with E-state index in [-0.39, 0.29) is 6.04 Å². The first-order chi connectivity index (χ1) is 12.1. The van der Waals surface area contributed by atoms with E-state index in [1.807, 2.05) is 24.8 Å². The summed E-state index contributed by atoms with van der Waals surface area (Å²) >= 11 is 1.87. The van der Waals surface area contributed by atoms with E-state index in [2.05, 4.69) is 4.90 Å². The molecule has 7 heteroatoms. The standard InChI is InChI=1S/C18H28N2O3S2/c1-2-23-17-8-3-4-9-18(17)25(21,22)20-12-7-13-24-15-16(20)14-19-10-5-6-11-19/h3-4,8-9,16H,2,5-7,10-15H2,1H3. The molecule has 1 unspecified atom stereocenters. The highest BCUT2D eigenvalue weighted by Crippen LogP contribution is 2.30. The van der Waals surface area contributed by atoms with Crippen LogP contribution in [-0.4, -0.2) is 68.0 Å². The molecule has 3 rings (SSSR count). The van der Waals surface area contributed by atoms with Crippen molar-refractivity contribution in [2.24, 2.45) is 0 Å². The molecule has 2 heterocycles. The van der Waals surface area contributed by atoms with E-state index in [9.17, 15) is 8.42 Å². The normalized spacial score (nSPS) is 23.5. The number of hydrogen-bond donors (Lipinski definition) is 0. The van der Waals surface area contributed by atoms with Gasteiger partial charge in [0.15, 0.2) is 0 Å². The lowest BCUT2D eigenvalue weighted by molar-refractivity contribution is 0.242. The molecule has 5 nitrogen and oxygen atoms in total. The summed E-state index contributed by atoms with van der Waals surface area (Å²) in [5.41, 5.74) is 0. The van der Waals surface area contributed by atoms with Crippen LogP contribution in [0.25, 0.3) is 0 Å². The van der Waals surface area contributed by atoms with Gasteiger partial charge in [-0.3, -0.25) is 0 Å². The average Bonchev–Trinajstić information content (AvgIpc) is 2.99. The molecule has 0 saturated carbocycles. The lowest BCUT2D eigenvalue weighted by Crippen LogP contribution is -2.47. The third-order valence-electron chi connectivity index (χ3n) is 4.79. The molecule has 1 aromatic carbocycles. The summed E-state index contributed by atoms with van der Waals surface area (Å²) in [6.07, 6.45) is 3.34. The molecule has 0 N–H and O–H groups in total. The van der Waals surface area contributed by atoms with Crippen molar-refractivity contribution in [3.63, 3.8) is 0 Å². The van der Waals surface area contributed by atoms with Gasteiger partial charge in [-0.25, -0.2) is 8.42 Å². The fourth-order valence-corrected chi connectivity index (χ4v) is 6.53. The fraction of sp³-hybridized carbons (Fsp3) is 0.667. The minimum Gasteiger partial charge on any atom is -0.492 e. The molecule has 2 fully saturated rings. The number of benzene rings is 1. The molecule has 0 amide bonds. The van der Waals surface area contributed by atoms with Crippen LogP contribution >= 0.6 is 11.8 Å². The predicted octanol–water partition coefficient (Wildman–Crippen LogP) is 2.68. The van der Waals surface area contributed by atoms with Gasteiger partial charge < -0.3 is 9.64 Å². The Kier molecular flexibility index (Phi) is 6.66. The van der Waals surface area contributed by atoms with Crippen LogP contribution < -0.4 is 4.74 Å². The second-order valence-corrected chi connectivity index (χ2v) is 9.59. The quantitative estimate of drug-likeness (QED) is 0.755. The Balaban J connectivity index is 1.88. The highest BCUT2D eigenvalue weighted by molar-refractivity contribution is 7.99. The molecule has 2 aliphatic rings. The molecule has 2 saturated heterocycles. The Morgan fingerprint density at radius 3 is 2.68 bits per heavy atom. The van der Waals surface area contributed by atoms with Crippen molar-refractivity contribution in [2.45, 2.75) is 37.1 Å². The van der Waals surface area contributed by atoms with Crippen LogP contribution in [-0.2, 0) is 10.0 Å². The van der Waals surface area contributed by atoms with Crippen molar-refractivity contribution in [3.8, 4) is 5.75 Å². The van der Waals surface area contributed by atoms with Crippen LogP contribution in [0.1, 0.15) is 26.2 Å². The number of hydrogen-bond acceptors (Lipinski definition) is 5. The number of likely N-dealkylation sites (tertiary alicyclic amines) is 1. The highest BCUT2D eigenvalue weighted by atomic mass is 32.2. The zero-order chi connectivity index (χ0) is 17.7. The van der Waals surface area contributed by atoms with Gasteiger partial charge in [0.1, 0.15) is 10.6 Å². The maximum Gasteiger partial charge on any atom is 0.247 e. The van der Waals surface area contributed by atoms with Crippen molar-refractivity contribution >= 4 is 21.8 Å². The van der Waals surface area contributed by atoms with Crippen LogP contribution in [0.3, 0.4) is 0 Å². The van der Waals surface area contributed by atoms with Gasteiger partial charge in [0.25, 0.3) is 0 Å². The first-order valence-electron chi connectivity index (χ1n) is 9.16. The average molecular weight is 385 g/mol. The molecule has 25 heavy (non-hydrogen) atoms. The largest absolute Gasteiger partial charge is 0.492 e. The molecule has 0 aliphatic carbocycles. The first-order valence-corrected chi connectivity index (χ1v) is 11.8. The SMILES string of the molecule is CCOc1ccccc1S(=O)(=O)N1CCCSCC1CN1CCCC1. The predicted molar refractivity (Wildman–Crippen MR) is 103 cm³/mol. The lowest BCUT2D eigenvalue weighted by Gasteiger charge is -2.32. The van der Waals surface area contributed by atoms with Crippen LogP contribution in [0.4, 0.5) is 0 Å². The second kappa shape index (κ2) is 8.75. The van der Waals surface area contributed by atoms with Gasteiger partial charge in [0.2, 0.25) is 10.0 Å². The Hall–Kier alpha value is -0.760. The van der Waals surface area contributed by atoms with E-state index in [0.717, 1.165) is 37.6 Å². The number of nitrogens with zero attached hydrogens (tertiary/aromatic N) is 2. The van der Waals surface area contributed by atoms with Gasteiger partial charge in [-0.1, -0.05) is 12.1 Å². The fourth-order valence-electron chi connectivity index (χ4n) is 3.60. The van der Waals surface area contributed by atoms with Crippen molar-refractivity contribution < 1.29 is 13.2 Å². The van der Waals surface area contributed by atoms with Gasteiger partial charge in [0.05, 0.1) is 6.61 Å². The minimum absolute atomic E-state index is 0.0327. The molecular formula is C18H28N2O3S2. The third-order valence-corrected chi connectivity index (χ3v) is 7.98. The monoisotopic (exact) mass is 384 g/mol. The molecule has 1 atom stereocenters. The summed E-state index contributed by atoms with van der Waals surface area (Å²) in [6.45, 7) is 5.94. The number of ether oxygens (including phenoxy) is 1. The first kappa shape index (κ1) is 19.0. The Morgan fingerprint density at radius 2 is 1.92 bits per heavy atom. The van der Waals surface area contributed by atoms with Gasteiger partial charge >= 0.3 is 0 Å². The van der Waals surface area contributed by atoms with Gasteiger partial charge in [0, 0.05) is 24.9 Å². The Labute approximate surface area is 155 Å². The summed E-state index contributed by atoms with van der Waals surface area (Å²) in [5.74, 6) is 2.35. The van der Waals surface area contributed by atoms with Crippen molar-refractivity contribution in [2.75, 3.05) is 44.3 Å². The summed E-state index contributed by atoms with van der Waals surface area (Å²) in [4.78, 5) is 2.71. The molecule has 0 radical (unpaired) electrons. The Bertz CT molecular complexity index is 660. The maximum atomic E-state index is 13.4. The van der Waals surface area contributed by atoms with Gasteiger partial charge in [-0.15, -0.1) is 0 Å². The van der Waals surface area contributed by atoms with Gasteiger partial charge in [-0.2, -0.15) is 16.1 Å². The molecule has 2 aliphatic heterocycles. The highest BCUT2D eigenvalue weighted by Gasteiger charge is 2.35. The van der Waals surface area contributed by atoms with Crippen LogP contribution in [0.15, 0.2) is 29.2 Å². The Morgan fingerprint density at radius 1 is 1.16 bits per heavy atom. The summed E-state index contributed by atoms with van der Waals surface area (Å²) in [7, 11) is -3.56. The van der Waals surface area contributed by atoms with Crippen LogP contribution in [0, 0.1) is 0 Å². The summed E-state index contributed by atoms with van der Waals surface area (Å²) in [6, 6.07) is 7.05. The maximum absolute atomic E-state index is 13.4. The summed E-state index contributed by atoms with van der Waals surface area (Å²) < 4.78 is 34.2. The molecule has 0 aromatic heterocycles. The number of rotatable bonds is 6. The topological polar surface area (TPSA) is 49.9 Å². The molecule has 1 aromatic rings. The zero-order valence-electron chi connectivity index (χ0n) is 14.9. The van der Waals surface area contributed by atoms with E-state index in [1.165, 1.54) is 12.8 Å². The van der Waals surface area contributed by atoms with E-state index >= 15 is 0 Å². The van der Waals surface area contributed by atoms with E-state index in [1.54, 1.807) is 22.5 Å². The zero-order valence-corrected chi connectivity index (χ0v) is 16.5. The van der Waals surface area contributed by atoms with E-state index < -0.39 is 10.0 Å². The molecule has 140 valence electrons. The van der Waals surface area contributed by atoms with Crippen LogP contribution in [0.5, 0.6) is 5.75 Å². The molecule has 0 bridgehead atoms. The van der Waals surface area contributed by atoms with E-state index in [0.29, 0.717) is 23.8 Å². The molecule has 0 spiro atoms. The second-order valence-electron chi connectivity index (χ2n) is 6.59.